The summed E-state index contributed by atoms with van der Waals surface area (Å²) in [5, 5.41) is 1.18. The third kappa shape index (κ3) is 1.59. The number of fused-ring (bicyclic) bond motifs is 4. The standard InChI is InChI=1S/C17H17N3O2/c21-16-9-19(10-5-6-10)17(22)15-7-12-11-3-1-2-4-13(11)18-14(12)8-20(15)16/h1-4,10,15,18H,5-9H2/t15-/m0/s1. The van der Waals surface area contributed by atoms with Crippen molar-refractivity contribution in [2.75, 3.05) is 6.54 Å². The fourth-order valence-corrected chi connectivity index (χ4v) is 3.89. The van der Waals surface area contributed by atoms with E-state index < -0.39 is 0 Å². The third-order valence-corrected chi connectivity index (χ3v) is 5.19. The SMILES string of the molecule is O=C1[C@@H]2Cc3c([nH]c4ccccc34)CN2C(=O)CN1C1CC1. The first-order chi connectivity index (χ1) is 10.7. The van der Waals surface area contributed by atoms with Crippen LogP contribution in [0.1, 0.15) is 24.1 Å². The number of amides is 2. The van der Waals surface area contributed by atoms with E-state index in [1.54, 1.807) is 4.90 Å². The molecule has 5 rings (SSSR count). The minimum Gasteiger partial charge on any atom is -0.357 e. The molecule has 5 heteroatoms. The Bertz CT molecular complexity index is 805. The zero-order valence-electron chi connectivity index (χ0n) is 12.2. The maximum atomic E-state index is 12.8. The number of hydrogen-bond donors (Lipinski definition) is 1. The van der Waals surface area contributed by atoms with Gasteiger partial charge in [-0.05, 0) is 24.5 Å². The number of nitrogens with one attached hydrogen (secondary N) is 1. The number of carbonyl (C=O) groups is 2. The van der Waals surface area contributed by atoms with Gasteiger partial charge in [0.25, 0.3) is 0 Å². The summed E-state index contributed by atoms with van der Waals surface area (Å²) in [5.41, 5.74) is 3.38. The molecule has 1 N–H and O–H groups in total. The number of rotatable bonds is 1. The number of aromatic nitrogens is 1. The van der Waals surface area contributed by atoms with Crippen LogP contribution in [0.15, 0.2) is 24.3 Å². The van der Waals surface area contributed by atoms with E-state index in [4.69, 9.17) is 0 Å². The number of benzene rings is 1. The third-order valence-electron chi connectivity index (χ3n) is 5.19. The molecule has 1 aromatic heterocycles. The van der Waals surface area contributed by atoms with Gasteiger partial charge in [-0.2, -0.15) is 0 Å². The number of carbonyl (C=O) groups excluding carboxylic acids is 2. The molecule has 0 unspecified atom stereocenters. The van der Waals surface area contributed by atoms with Gasteiger partial charge >= 0.3 is 0 Å². The lowest BCUT2D eigenvalue weighted by Gasteiger charge is -2.42. The van der Waals surface area contributed by atoms with Crippen molar-refractivity contribution in [1.82, 2.24) is 14.8 Å². The lowest BCUT2D eigenvalue weighted by Crippen LogP contribution is -2.62. The molecule has 1 saturated carbocycles. The molecule has 5 nitrogen and oxygen atoms in total. The van der Waals surface area contributed by atoms with Crippen LogP contribution in [0.4, 0.5) is 0 Å². The molecule has 2 aromatic rings. The molecule has 112 valence electrons. The number of piperazine rings is 1. The zero-order chi connectivity index (χ0) is 14.8. The summed E-state index contributed by atoms with van der Waals surface area (Å²) in [4.78, 5) is 32.2. The van der Waals surface area contributed by atoms with Gasteiger partial charge in [0.2, 0.25) is 11.8 Å². The highest BCUT2D eigenvalue weighted by Crippen LogP contribution is 2.35. The molecule has 2 aliphatic heterocycles. The lowest BCUT2D eigenvalue weighted by molar-refractivity contribution is -0.157. The molecular weight excluding hydrogens is 278 g/mol. The molecule has 22 heavy (non-hydrogen) atoms. The van der Waals surface area contributed by atoms with Crippen LogP contribution < -0.4 is 0 Å². The Morgan fingerprint density at radius 1 is 1.05 bits per heavy atom. The van der Waals surface area contributed by atoms with Crippen LogP contribution >= 0.6 is 0 Å². The second-order valence-electron chi connectivity index (χ2n) is 6.57. The second kappa shape index (κ2) is 4.12. The quantitative estimate of drug-likeness (QED) is 0.865. The lowest BCUT2D eigenvalue weighted by atomic mass is 9.94. The van der Waals surface area contributed by atoms with Gasteiger partial charge < -0.3 is 14.8 Å². The highest BCUT2D eigenvalue weighted by Gasteiger charge is 2.46. The Labute approximate surface area is 127 Å². The highest BCUT2D eigenvalue weighted by atomic mass is 16.2. The minimum atomic E-state index is -0.312. The van der Waals surface area contributed by atoms with E-state index in [2.05, 4.69) is 11.1 Å². The maximum Gasteiger partial charge on any atom is 0.246 e. The van der Waals surface area contributed by atoms with Crippen molar-refractivity contribution in [2.45, 2.75) is 37.9 Å². The summed E-state index contributed by atoms with van der Waals surface area (Å²) in [5.74, 6) is 0.221. The monoisotopic (exact) mass is 295 g/mol. The number of nitrogens with zero attached hydrogens (tertiary/aromatic N) is 2. The van der Waals surface area contributed by atoms with Gasteiger partial charge in [-0.3, -0.25) is 9.59 Å². The first kappa shape index (κ1) is 12.3. The van der Waals surface area contributed by atoms with Gasteiger partial charge in [0.1, 0.15) is 12.6 Å². The predicted octanol–water partition coefficient (Wildman–Crippen LogP) is 1.43. The Kier molecular flexibility index (Phi) is 2.30. The summed E-state index contributed by atoms with van der Waals surface area (Å²) in [6.07, 6.45) is 2.72. The molecule has 2 amide bonds. The van der Waals surface area contributed by atoms with Crippen molar-refractivity contribution < 1.29 is 9.59 Å². The first-order valence-electron chi connectivity index (χ1n) is 7.91. The number of H-pyrrole nitrogens is 1. The van der Waals surface area contributed by atoms with E-state index >= 15 is 0 Å². The molecule has 1 aliphatic carbocycles. The minimum absolute atomic E-state index is 0.0841. The molecule has 2 fully saturated rings. The van der Waals surface area contributed by atoms with Crippen LogP contribution in [0.3, 0.4) is 0 Å². The molecule has 3 heterocycles. The number of hydrogen-bond acceptors (Lipinski definition) is 2. The van der Waals surface area contributed by atoms with E-state index in [9.17, 15) is 9.59 Å². The normalized spacial score (nSPS) is 24.6. The van der Waals surface area contributed by atoms with Crippen molar-refractivity contribution in [1.29, 1.82) is 0 Å². The zero-order valence-corrected chi connectivity index (χ0v) is 12.2. The van der Waals surface area contributed by atoms with E-state index in [1.165, 1.54) is 10.9 Å². The van der Waals surface area contributed by atoms with Gasteiger partial charge in [0.15, 0.2) is 0 Å². The van der Waals surface area contributed by atoms with E-state index in [0.717, 1.165) is 24.1 Å². The van der Waals surface area contributed by atoms with Gasteiger partial charge in [0.05, 0.1) is 6.54 Å². The van der Waals surface area contributed by atoms with Crippen LogP contribution in [0.25, 0.3) is 10.9 Å². The van der Waals surface area contributed by atoms with E-state index in [1.807, 2.05) is 23.1 Å². The van der Waals surface area contributed by atoms with Crippen molar-refractivity contribution in [2.24, 2.45) is 0 Å². The van der Waals surface area contributed by atoms with Gasteiger partial charge in [-0.25, -0.2) is 0 Å². The molecule has 1 atom stereocenters. The van der Waals surface area contributed by atoms with Crippen LogP contribution in [-0.2, 0) is 22.6 Å². The summed E-state index contributed by atoms with van der Waals surface area (Å²) >= 11 is 0. The molecule has 0 radical (unpaired) electrons. The molecule has 0 bridgehead atoms. The summed E-state index contributed by atoms with van der Waals surface area (Å²) in [6.45, 7) is 0.785. The van der Waals surface area contributed by atoms with Crippen molar-refractivity contribution >= 4 is 22.7 Å². The Morgan fingerprint density at radius 3 is 2.68 bits per heavy atom. The predicted molar refractivity (Wildman–Crippen MR) is 81.1 cm³/mol. The summed E-state index contributed by atoms with van der Waals surface area (Å²) < 4.78 is 0. The Hall–Kier alpha value is -2.30. The van der Waals surface area contributed by atoms with Crippen molar-refractivity contribution in [3.63, 3.8) is 0 Å². The number of para-hydroxylation sites is 1. The van der Waals surface area contributed by atoms with Gasteiger partial charge in [-0.1, -0.05) is 18.2 Å². The summed E-state index contributed by atoms with van der Waals surface area (Å²) in [6, 6.07) is 8.16. The van der Waals surface area contributed by atoms with Gasteiger partial charge in [0, 0.05) is 29.1 Å². The van der Waals surface area contributed by atoms with Gasteiger partial charge in [-0.15, -0.1) is 0 Å². The maximum absolute atomic E-state index is 12.8. The van der Waals surface area contributed by atoms with E-state index in [-0.39, 0.29) is 24.4 Å². The van der Waals surface area contributed by atoms with Crippen LogP contribution in [0.2, 0.25) is 0 Å². The van der Waals surface area contributed by atoms with Crippen LogP contribution in [0, 0.1) is 0 Å². The van der Waals surface area contributed by atoms with Crippen LogP contribution in [0.5, 0.6) is 0 Å². The topological polar surface area (TPSA) is 56.4 Å². The Morgan fingerprint density at radius 2 is 1.86 bits per heavy atom. The molecular formula is C17H17N3O2. The molecule has 1 aromatic carbocycles. The average molecular weight is 295 g/mol. The van der Waals surface area contributed by atoms with Crippen LogP contribution in [-0.4, -0.2) is 45.2 Å². The fourth-order valence-electron chi connectivity index (χ4n) is 3.89. The van der Waals surface area contributed by atoms with Crippen molar-refractivity contribution in [3.8, 4) is 0 Å². The Balaban J connectivity index is 1.58. The second-order valence-corrected chi connectivity index (χ2v) is 6.57. The smallest absolute Gasteiger partial charge is 0.246 e. The fraction of sp³-hybridized carbons (Fsp3) is 0.412. The highest BCUT2D eigenvalue weighted by molar-refractivity contribution is 5.97. The molecule has 0 spiro atoms. The molecule has 3 aliphatic rings. The average Bonchev–Trinajstić information content (AvgIpc) is 3.30. The van der Waals surface area contributed by atoms with Crippen molar-refractivity contribution in [3.05, 3.63) is 35.5 Å². The summed E-state index contributed by atoms with van der Waals surface area (Å²) in [7, 11) is 0. The number of aromatic amines is 1. The largest absolute Gasteiger partial charge is 0.357 e. The van der Waals surface area contributed by atoms with E-state index in [0.29, 0.717) is 19.0 Å². The first-order valence-corrected chi connectivity index (χ1v) is 7.91. The molecule has 1 saturated heterocycles.